The monoisotopic (exact) mass is 522 g/mol. The maximum Gasteiger partial charge on any atom is 0.190 e. The number of nitrogens with zero attached hydrogens (tertiary/aromatic N) is 6. The van der Waals surface area contributed by atoms with Crippen molar-refractivity contribution in [3.05, 3.63) is 157 Å². The molecule has 12 bridgehead atoms. The molecule has 0 spiro atoms. The smallest absolute Gasteiger partial charge is 0.190 e. The van der Waals surface area contributed by atoms with Gasteiger partial charge in [-0.05, 0) is 46.5 Å². The maximum absolute atomic E-state index is 4.93. The fourth-order valence-corrected chi connectivity index (χ4v) is 5.18. The van der Waals surface area contributed by atoms with Crippen LogP contribution >= 0.6 is 0 Å². The summed E-state index contributed by atoms with van der Waals surface area (Å²) in [6.07, 6.45) is 17.0. The molecule has 0 atom stereocenters. The Balaban J connectivity index is 1.23. The highest BCUT2D eigenvalue weighted by Crippen LogP contribution is 2.17. The molecule has 0 amide bonds. The van der Waals surface area contributed by atoms with E-state index in [1.165, 1.54) is 22.3 Å². The molecule has 0 radical (unpaired) electrons. The summed E-state index contributed by atoms with van der Waals surface area (Å²) in [7, 11) is 0. The molecule has 6 nitrogen and oxygen atoms in total. The van der Waals surface area contributed by atoms with Crippen LogP contribution in [-0.2, 0) is 26.2 Å². The van der Waals surface area contributed by atoms with Crippen LogP contribution in [0.1, 0.15) is 22.8 Å². The molecular weight excluding hydrogens is 492 g/mol. The van der Waals surface area contributed by atoms with E-state index >= 15 is 0 Å². The first-order valence-electron chi connectivity index (χ1n) is 13.6. The van der Waals surface area contributed by atoms with Crippen molar-refractivity contribution in [3.63, 3.8) is 0 Å². The number of rotatable bonds is 0. The summed E-state index contributed by atoms with van der Waals surface area (Å²) < 4.78 is 8.69. The first kappa shape index (κ1) is 24.0. The molecular formula is C34H30N6+4. The third-order valence-corrected chi connectivity index (χ3v) is 7.34. The van der Waals surface area contributed by atoms with E-state index in [-0.39, 0.29) is 0 Å². The Morgan fingerprint density at radius 1 is 0.325 bits per heavy atom. The average Bonchev–Trinajstić information content (AvgIpc) is 2.99. The molecule has 0 unspecified atom stereocenters. The van der Waals surface area contributed by atoms with Gasteiger partial charge in [0.2, 0.25) is 0 Å². The predicted molar refractivity (Wildman–Crippen MR) is 149 cm³/mol. The van der Waals surface area contributed by atoms with Gasteiger partial charge in [-0.2, -0.15) is 18.3 Å². The molecule has 13 heterocycles. The lowest BCUT2D eigenvalue weighted by Gasteiger charge is -2.05. The lowest BCUT2D eigenvalue weighted by atomic mass is 10.1. The van der Waals surface area contributed by atoms with Gasteiger partial charge >= 0.3 is 0 Å². The minimum absolute atomic E-state index is 0.729. The first-order valence-corrected chi connectivity index (χ1v) is 13.6. The van der Waals surface area contributed by atoms with Gasteiger partial charge in [0.25, 0.3) is 0 Å². The van der Waals surface area contributed by atoms with E-state index in [1.54, 1.807) is 0 Å². The molecule has 0 saturated carbocycles. The van der Waals surface area contributed by atoms with Crippen LogP contribution in [0.3, 0.4) is 0 Å². The average molecular weight is 523 g/mol. The minimum atomic E-state index is 0.729. The largest absolute Gasteiger partial charge is 0.244 e. The summed E-state index contributed by atoms with van der Waals surface area (Å²) in [5, 5.41) is 0. The number of hydrogen-bond donors (Lipinski definition) is 0. The molecule has 0 fully saturated rings. The zero-order valence-electron chi connectivity index (χ0n) is 22.2. The van der Waals surface area contributed by atoms with Crippen molar-refractivity contribution in [3.8, 4) is 22.3 Å². The Morgan fingerprint density at radius 3 is 0.775 bits per heavy atom. The summed E-state index contributed by atoms with van der Waals surface area (Å²) in [5.74, 6) is 0. The van der Waals surface area contributed by atoms with Crippen molar-refractivity contribution in [2.75, 3.05) is 0 Å². The first-order chi connectivity index (χ1) is 19.7. The predicted octanol–water partition coefficient (Wildman–Crippen LogP) is 3.47. The van der Waals surface area contributed by atoms with E-state index in [9.17, 15) is 0 Å². The Morgan fingerprint density at radius 2 is 0.550 bits per heavy atom. The zero-order valence-corrected chi connectivity index (χ0v) is 22.2. The highest BCUT2D eigenvalue weighted by atomic mass is 15.0. The molecule has 6 aromatic rings. The molecule has 0 saturated heterocycles. The van der Waals surface area contributed by atoms with Gasteiger partial charge in [0.05, 0.1) is 0 Å². The highest BCUT2D eigenvalue weighted by molar-refractivity contribution is 5.61. The molecule has 0 N–H and O–H groups in total. The lowest BCUT2D eigenvalue weighted by molar-refractivity contribution is -0.690. The normalized spacial score (nSPS) is 12.6. The lowest BCUT2D eigenvalue weighted by Crippen LogP contribution is -2.36. The molecule has 13 rings (SSSR count). The van der Waals surface area contributed by atoms with Crippen LogP contribution in [0.2, 0.25) is 0 Å². The quantitative estimate of drug-likeness (QED) is 0.286. The number of pyridine rings is 6. The van der Waals surface area contributed by atoms with E-state index in [4.69, 9.17) is 9.97 Å². The zero-order chi connectivity index (χ0) is 26.7. The van der Waals surface area contributed by atoms with Crippen LogP contribution in [0.4, 0.5) is 0 Å². The SMILES string of the molecule is c1cc2nc(c1)C[n+]1ccc(cc1)-c1cc[n+](cc1)Cc1cccc(n1)C[n+]1ccc(cc1)-c1cc[n+](cc1)C2. The van der Waals surface area contributed by atoms with Gasteiger partial charge in [0.15, 0.2) is 75.8 Å². The van der Waals surface area contributed by atoms with Gasteiger partial charge in [-0.1, -0.05) is 12.1 Å². The standard InChI is InChI=1S/C34H30N6/c1-3-31-23-37-15-7-27(8-16-37)29-11-19-39(20-12-29)25-33-5-2-6-34(36-33)26-40-21-13-30(14-22-40)28-9-17-38(18-10-28)24-32(4-1)35-31/h1-22H,23-26H2/q+4. The van der Waals surface area contributed by atoms with E-state index in [2.05, 4.69) is 153 Å². The van der Waals surface area contributed by atoms with Crippen LogP contribution in [-0.4, -0.2) is 9.97 Å². The maximum atomic E-state index is 4.93. The van der Waals surface area contributed by atoms with Gasteiger partial charge in [-0.15, -0.1) is 0 Å². The molecule has 6 aromatic heterocycles. The summed E-state index contributed by atoms with van der Waals surface area (Å²) in [6, 6.07) is 29.9. The number of aromatic nitrogens is 6. The molecule has 7 aliphatic rings. The van der Waals surface area contributed by atoms with Gasteiger partial charge in [-0.3, -0.25) is 0 Å². The van der Waals surface area contributed by atoms with Gasteiger partial charge in [-0.25, -0.2) is 9.97 Å². The Bertz CT molecular complexity index is 1500. The summed E-state index contributed by atoms with van der Waals surface area (Å²) in [4.78, 5) is 9.87. The van der Waals surface area contributed by atoms with Crippen molar-refractivity contribution >= 4 is 0 Å². The summed E-state index contributed by atoms with van der Waals surface area (Å²) in [5.41, 5.74) is 8.94. The van der Waals surface area contributed by atoms with Crippen LogP contribution in [0, 0.1) is 0 Å². The Hall–Kier alpha value is -5.10. The van der Waals surface area contributed by atoms with Crippen molar-refractivity contribution in [1.29, 1.82) is 0 Å². The molecule has 192 valence electrons. The van der Waals surface area contributed by atoms with Crippen LogP contribution in [0.15, 0.2) is 135 Å². The minimum Gasteiger partial charge on any atom is -0.244 e. The van der Waals surface area contributed by atoms with Gasteiger partial charge in [0.1, 0.15) is 22.8 Å². The molecule has 0 aromatic carbocycles. The van der Waals surface area contributed by atoms with Crippen molar-refractivity contribution in [2.24, 2.45) is 0 Å². The van der Waals surface area contributed by atoms with E-state index in [0.29, 0.717) is 0 Å². The second kappa shape index (κ2) is 10.6. The topological polar surface area (TPSA) is 41.3 Å². The Kier molecular flexibility index (Phi) is 6.34. The second-order valence-electron chi connectivity index (χ2n) is 10.3. The summed E-state index contributed by atoms with van der Waals surface area (Å²) in [6.45, 7) is 2.92. The van der Waals surface area contributed by atoms with E-state index in [0.717, 1.165) is 49.0 Å². The van der Waals surface area contributed by atoms with Gasteiger partial charge in [0, 0.05) is 48.5 Å². The van der Waals surface area contributed by atoms with Gasteiger partial charge < -0.3 is 0 Å². The highest BCUT2D eigenvalue weighted by Gasteiger charge is 2.13. The van der Waals surface area contributed by atoms with Crippen molar-refractivity contribution < 1.29 is 18.3 Å². The summed E-state index contributed by atoms with van der Waals surface area (Å²) >= 11 is 0. The third kappa shape index (κ3) is 5.38. The van der Waals surface area contributed by atoms with Crippen molar-refractivity contribution in [2.45, 2.75) is 26.2 Å². The van der Waals surface area contributed by atoms with E-state index in [1.807, 2.05) is 0 Å². The van der Waals surface area contributed by atoms with Crippen molar-refractivity contribution in [1.82, 2.24) is 9.97 Å². The number of hydrogen-bond acceptors (Lipinski definition) is 2. The van der Waals surface area contributed by atoms with Crippen LogP contribution in [0.25, 0.3) is 22.3 Å². The van der Waals surface area contributed by atoms with Crippen LogP contribution < -0.4 is 18.3 Å². The van der Waals surface area contributed by atoms with E-state index < -0.39 is 0 Å². The second-order valence-corrected chi connectivity index (χ2v) is 10.3. The fraction of sp³-hybridized carbons (Fsp3) is 0.118. The molecule has 7 aliphatic heterocycles. The molecule has 6 heteroatoms. The fourth-order valence-electron chi connectivity index (χ4n) is 5.18. The Labute approximate surface area is 233 Å². The molecule has 40 heavy (non-hydrogen) atoms. The van der Waals surface area contributed by atoms with Crippen LogP contribution in [0.5, 0.6) is 0 Å². The third-order valence-electron chi connectivity index (χ3n) is 7.34. The molecule has 0 aliphatic carbocycles.